The number of rotatable bonds is 5. The average Bonchev–Trinajstić information content (AvgIpc) is 3.05. The molecule has 6 atom stereocenters. The van der Waals surface area contributed by atoms with Crippen molar-refractivity contribution in [2.45, 2.75) is 63.1 Å². The minimum atomic E-state index is 0.211. The lowest BCUT2D eigenvalue weighted by Crippen LogP contribution is -3.15. The zero-order valence-electron chi connectivity index (χ0n) is 14.8. The quantitative estimate of drug-likeness (QED) is 0.476. The summed E-state index contributed by atoms with van der Waals surface area (Å²) in [4.78, 5) is 10.1. The van der Waals surface area contributed by atoms with Crippen molar-refractivity contribution in [3.05, 3.63) is 0 Å². The van der Waals surface area contributed by atoms with Crippen molar-refractivity contribution in [1.29, 1.82) is 0 Å². The zero-order chi connectivity index (χ0) is 15.8. The zero-order valence-corrected chi connectivity index (χ0v) is 14.8. The fourth-order valence-electron chi connectivity index (χ4n) is 4.80. The van der Waals surface area contributed by atoms with Crippen molar-refractivity contribution in [2.24, 2.45) is 11.8 Å². The van der Waals surface area contributed by atoms with E-state index in [-0.39, 0.29) is 6.23 Å². The molecule has 5 unspecified atom stereocenters. The lowest BCUT2D eigenvalue weighted by Gasteiger charge is -2.33. The summed E-state index contributed by atoms with van der Waals surface area (Å²) in [6.07, 6.45) is 9.34. The van der Waals surface area contributed by atoms with Gasteiger partial charge in [-0.2, -0.15) is 5.48 Å². The van der Waals surface area contributed by atoms with Crippen molar-refractivity contribution < 1.29 is 15.1 Å². The monoisotopic (exact) mass is 325 g/mol. The van der Waals surface area contributed by atoms with Crippen molar-refractivity contribution in [3.63, 3.8) is 0 Å². The highest BCUT2D eigenvalue weighted by atomic mass is 16.7. The molecule has 5 N–H and O–H groups in total. The van der Waals surface area contributed by atoms with Gasteiger partial charge in [-0.3, -0.25) is 15.1 Å². The minimum absolute atomic E-state index is 0.211. The summed E-state index contributed by atoms with van der Waals surface area (Å²) in [6, 6.07) is 0.648. The third kappa shape index (κ3) is 3.72. The van der Waals surface area contributed by atoms with Crippen LogP contribution in [0.5, 0.6) is 0 Å². The molecule has 23 heavy (non-hydrogen) atoms. The van der Waals surface area contributed by atoms with Gasteiger partial charge in [0.05, 0.1) is 25.8 Å². The Kier molecular flexibility index (Phi) is 4.90. The highest BCUT2D eigenvalue weighted by molar-refractivity contribution is 4.84. The van der Waals surface area contributed by atoms with Crippen LogP contribution in [0, 0.1) is 11.8 Å². The van der Waals surface area contributed by atoms with Crippen molar-refractivity contribution in [2.75, 3.05) is 33.7 Å². The number of quaternary nitrogens is 2. The van der Waals surface area contributed by atoms with Crippen LogP contribution in [0.25, 0.3) is 0 Å². The minimum Gasteiger partial charge on any atom is -0.331 e. The number of likely N-dealkylation sites (tertiary alicyclic amines) is 1. The summed E-state index contributed by atoms with van der Waals surface area (Å²) < 4.78 is 0. The van der Waals surface area contributed by atoms with Crippen LogP contribution in [0.15, 0.2) is 0 Å². The second-order valence-corrected chi connectivity index (χ2v) is 8.44. The fraction of sp³-hybridized carbons (Fsp3) is 1.00. The Hall–Kier alpha value is -0.240. The summed E-state index contributed by atoms with van der Waals surface area (Å²) >= 11 is 0. The molecular formula is C17H35N5O+2. The van der Waals surface area contributed by atoms with Gasteiger partial charge >= 0.3 is 0 Å². The van der Waals surface area contributed by atoms with Crippen LogP contribution < -0.4 is 21.0 Å². The largest absolute Gasteiger partial charge is 0.331 e. The van der Waals surface area contributed by atoms with E-state index in [1.165, 1.54) is 58.2 Å². The second kappa shape index (κ2) is 6.94. The molecule has 4 fully saturated rings. The van der Waals surface area contributed by atoms with Gasteiger partial charge in [0.15, 0.2) is 6.23 Å². The van der Waals surface area contributed by atoms with Crippen molar-refractivity contribution in [1.82, 2.24) is 15.7 Å². The standard InChI is InChI=1S/C17H33N5O/c1-21(2)15-8-7-13(10-18-15)16-19-17(23-20-16)14-4-3-9-22(14)11-12-5-6-12/h12-20H,3-11H2,1-2H3/p+2/t13?,14-,15?,16?,17?/m1/s1. The number of nitrogens with two attached hydrogens (primary N) is 1. The van der Waals surface area contributed by atoms with Crippen LogP contribution >= 0.6 is 0 Å². The Labute approximate surface area is 140 Å². The maximum absolute atomic E-state index is 6.00. The van der Waals surface area contributed by atoms with Crippen molar-refractivity contribution >= 4 is 0 Å². The normalized spacial score (nSPS) is 45.0. The Bertz CT molecular complexity index is 394. The number of hydroxylamine groups is 1. The first-order valence-corrected chi connectivity index (χ1v) is 9.72. The van der Waals surface area contributed by atoms with Gasteiger partial charge in [0, 0.05) is 31.1 Å². The average molecular weight is 326 g/mol. The van der Waals surface area contributed by atoms with E-state index in [0.717, 1.165) is 5.92 Å². The van der Waals surface area contributed by atoms with E-state index in [9.17, 15) is 0 Å². The molecule has 4 aliphatic rings. The molecule has 3 aliphatic heterocycles. The van der Waals surface area contributed by atoms with E-state index in [1.54, 1.807) is 4.90 Å². The van der Waals surface area contributed by atoms with Crippen LogP contribution in [0.1, 0.15) is 38.5 Å². The molecule has 0 bridgehead atoms. The SMILES string of the molecule is CN(C)C1CCC(C2NOC([C@H]3CCC[NH+]3CC3CC3)N2)C[NH2+]1. The lowest BCUT2D eigenvalue weighted by atomic mass is 9.94. The van der Waals surface area contributed by atoms with Crippen LogP contribution in [0.4, 0.5) is 0 Å². The molecule has 0 radical (unpaired) electrons. The Morgan fingerprint density at radius 3 is 2.74 bits per heavy atom. The molecule has 3 heterocycles. The van der Waals surface area contributed by atoms with Crippen LogP contribution in [-0.4, -0.2) is 63.2 Å². The van der Waals surface area contributed by atoms with Crippen LogP contribution in [-0.2, 0) is 4.84 Å². The number of hydrogen-bond acceptors (Lipinski definition) is 4. The summed E-state index contributed by atoms with van der Waals surface area (Å²) in [7, 11) is 4.37. The van der Waals surface area contributed by atoms with E-state index < -0.39 is 0 Å². The van der Waals surface area contributed by atoms with E-state index in [4.69, 9.17) is 4.84 Å². The van der Waals surface area contributed by atoms with Gasteiger partial charge in [-0.15, -0.1) is 0 Å². The van der Waals surface area contributed by atoms with Crippen LogP contribution in [0.2, 0.25) is 0 Å². The Balaban J connectivity index is 1.27. The molecule has 0 aromatic carbocycles. The molecule has 3 saturated heterocycles. The van der Waals surface area contributed by atoms with Gasteiger partial charge < -0.3 is 10.2 Å². The summed E-state index contributed by atoms with van der Waals surface area (Å²) in [6.45, 7) is 3.90. The second-order valence-electron chi connectivity index (χ2n) is 8.44. The van der Waals surface area contributed by atoms with Gasteiger partial charge in [0.25, 0.3) is 0 Å². The van der Waals surface area contributed by atoms with Gasteiger partial charge in [0.1, 0.15) is 12.2 Å². The lowest BCUT2D eigenvalue weighted by molar-refractivity contribution is -0.918. The highest BCUT2D eigenvalue weighted by Crippen LogP contribution is 2.27. The Morgan fingerprint density at radius 1 is 1.17 bits per heavy atom. The maximum atomic E-state index is 6.00. The molecule has 0 aromatic heterocycles. The Morgan fingerprint density at radius 2 is 2.04 bits per heavy atom. The fourth-order valence-corrected chi connectivity index (χ4v) is 4.80. The topological polar surface area (TPSA) is 57.6 Å². The highest BCUT2D eigenvalue weighted by Gasteiger charge is 2.44. The van der Waals surface area contributed by atoms with E-state index in [2.05, 4.69) is 35.1 Å². The first-order valence-electron chi connectivity index (χ1n) is 9.72. The van der Waals surface area contributed by atoms with E-state index in [1.807, 2.05) is 0 Å². The smallest absolute Gasteiger partial charge is 0.183 e. The van der Waals surface area contributed by atoms with Gasteiger partial charge in [-0.25, -0.2) is 0 Å². The number of nitrogens with zero attached hydrogens (tertiary/aromatic N) is 1. The molecule has 0 amide bonds. The van der Waals surface area contributed by atoms with Crippen molar-refractivity contribution in [3.8, 4) is 0 Å². The molecule has 6 heteroatoms. The van der Waals surface area contributed by atoms with Gasteiger partial charge in [0.2, 0.25) is 0 Å². The number of piperidine rings is 1. The predicted octanol–water partition coefficient (Wildman–Crippen LogP) is -1.92. The molecule has 1 saturated carbocycles. The maximum Gasteiger partial charge on any atom is 0.183 e. The number of hydrogen-bond donors (Lipinski definition) is 4. The molecule has 6 nitrogen and oxygen atoms in total. The molecule has 0 spiro atoms. The summed E-state index contributed by atoms with van der Waals surface area (Å²) in [5, 5.41) is 6.27. The van der Waals surface area contributed by atoms with Gasteiger partial charge in [-0.05, 0) is 33.4 Å². The molecular weight excluding hydrogens is 290 g/mol. The molecule has 4 rings (SSSR count). The van der Waals surface area contributed by atoms with Crippen LogP contribution in [0.3, 0.4) is 0 Å². The van der Waals surface area contributed by atoms with E-state index >= 15 is 0 Å². The number of nitrogens with one attached hydrogen (secondary N) is 3. The summed E-state index contributed by atoms with van der Waals surface area (Å²) in [5.41, 5.74) is 3.33. The third-order valence-electron chi connectivity index (χ3n) is 6.50. The predicted molar refractivity (Wildman–Crippen MR) is 88.4 cm³/mol. The van der Waals surface area contributed by atoms with E-state index in [0.29, 0.717) is 24.3 Å². The first-order chi connectivity index (χ1) is 11.2. The molecule has 1 aliphatic carbocycles. The third-order valence-corrected chi connectivity index (χ3v) is 6.50. The molecule has 132 valence electrons. The first kappa shape index (κ1) is 16.2. The molecule has 0 aromatic rings. The summed E-state index contributed by atoms with van der Waals surface area (Å²) in [5.74, 6) is 1.68. The van der Waals surface area contributed by atoms with Gasteiger partial charge in [-0.1, -0.05) is 0 Å².